The van der Waals surface area contributed by atoms with E-state index in [0.717, 1.165) is 35.0 Å². The van der Waals surface area contributed by atoms with Crippen molar-refractivity contribution in [2.75, 3.05) is 26.1 Å². The van der Waals surface area contributed by atoms with Crippen molar-refractivity contribution in [3.05, 3.63) is 53.1 Å². The summed E-state index contributed by atoms with van der Waals surface area (Å²) in [7, 11) is 1.64. The highest BCUT2D eigenvalue weighted by Crippen LogP contribution is 2.34. The van der Waals surface area contributed by atoms with Crippen molar-refractivity contribution in [1.82, 2.24) is 14.9 Å². The normalized spacial score (nSPS) is 18.1. The molecule has 1 saturated heterocycles. The van der Waals surface area contributed by atoms with E-state index >= 15 is 0 Å². The zero-order valence-corrected chi connectivity index (χ0v) is 17.8. The van der Waals surface area contributed by atoms with Gasteiger partial charge in [0, 0.05) is 23.3 Å². The number of thioether (sulfide) groups is 1. The Hall–Kier alpha value is -2.55. The second kappa shape index (κ2) is 8.29. The molecule has 154 valence electrons. The van der Waals surface area contributed by atoms with E-state index in [1.165, 1.54) is 0 Å². The van der Waals surface area contributed by atoms with E-state index in [1.54, 1.807) is 23.5 Å². The van der Waals surface area contributed by atoms with E-state index < -0.39 is 0 Å². The molecule has 0 unspecified atom stereocenters. The summed E-state index contributed by atoms with van der Waals surface area (Å²) in [5.74, 6) is 2.68. The van der Waals surface area contributed by atoms with Crippen LogP contribution in [-0.2, 0) is 4.74 Å². The van der Waals surface area contributed by atoms with Crippen molar-refractivity contribution in [3.8, 4) is 22.9 Å². The predicted molar refractivity (Wildman–Crippen MR) is 116 cm³/mol. The topological polar surface area (TPSA) is 70.8 Å². The Bertz CT molecular complexity index is 1110. The van der Waals surface area contributed by atoms with Gasteiger partial charge in [-0.2, -0.15) is 9.78 Å². The third-order valence-electron chi connectivity index (χ3n) is 4.96. The van der Waals surface area contributed by atoms with Crippen molar-refractivity contribution >= 4 is 29.1 Å². The van der Waals surface area contributed by atoms with Gasteiger partial charge in [0.15, 0.2) is 17.3 Å². The number of hydrogen-bond acceptors (Lipinski definition) is 7. The molecular weight excluding hydrogens is 424 g/mol. The van der Waals surface area contributed by atoms with E-state index in [1.807, 2.05) is 42.5 Å². The highest BCUT2D eigenvalue weighted by Gasteiger charge is 2.24. The second-order valence-corrected chi connectivity index (χ2v) is 8.25. The first-order chi connectivity index (χ1) is 14.7. The third kappa shape index (κ3) is 3.66. The molecule has 3 aromatic rings. The van der Waals surface area contributed by atoms with Crippen molar-refractivity contribution < 1.29 is 14.2 Å². The molecule has 5 rings (SSSR count). The number of hydrogen-bond donors (Lipinski definition) is 0. The fraction of sp³-hybridized carbons (Fsp3) is 0.286. The first-order valence-corrected chi connectivity index (χ1v) is 10.9. The van der Waals surface area contributed by atoms with Crippen molar-refractivity contribution in [1.29, 1.82) is 0 Å². The van der Waals surface area contributed by atoms with E-state index in [4.69, 9.17) is 30.9 Å². The Morgan fingerprint density at radius 1 is 1.17 bits per heavy atom. The smallest absolute Gasteiger partial charge is 0.212 e. The van der Waals surface area contributed by atoms with Crippen LogP contribution < -0.4 is 9.47 Å². The Morgan fingerprint density at radius 2 is 2.07 bits per heavy atom. The van der Waals surface area contributed by atoms with Gasteiger partial charge in [0.05, 0.1) is 31.1 Å². The van der Waals surface area contributed by atoms with Crippen LogP contribution in [0.15, 0.2) is 52.7 Å². The largest absolute Gasteiger partial charge is 0.493 e. The molecule has 1 aromatic heterocycles. The molecule has 9 heteroatoms. The maximum Gasteiger partial charge on any atom is 0.212 e. The van der Waals surface area contributed by atoms with Gasteiger partial charge in [-0.1, -0.05) is 35.5 Å². The van der Waals surface area contributed by atoms with Crippen LogP contribution in [0.4, 0.5) is 0 Å². The van der Waals surface area contributed by atoms with Crippen LogP contribution in [0.5, 0.6) is 11.5 Å². The van der Waals surface area contributed by atoms with Gasteiger partial charge < -0.3 is 14.2 Å². The molecule has 2 aromatic carbocycles. The van der Waals surface area contributed by atoms with Gasteiger partial charge >= 0.3 is 0 Å². The van der Waals surface area contributed by atoms with Gasteiger partial charge in [-0.25, -0.2) is 0 Å². The predicted octanol–water partition coefficient (Wildman–Crippen LogP) is 4.13. The Kier molecular flexibility index (Phi) is 5.37. The fourth-order valence-electron chi connectivity index (χ4n) is 3.41. The molecule has 0 radical (unpaired) electrons. The molecule has 0 saturated carbocycles. The highest BCUT2D eigenvalue weighted by molar-refractivity contribution is 7.99. The van der Waals surface area contributed by atoms with E-state index in [2.05, 4.69) is 10.2 Å². The number of nitrogens with zero attached hydrogens (tertiary/aromatic N) is 4. The lowest BCUT2D eigenvalue weighted by molar-refractivity contribution is 0.138. The molecule has 2 aliphatic heterocycles. The molecule has 0 bridgehead atoms. The summed E-state index contributed by atoms with van der Waals surface area (Å²) in [4.78, 5) is 0. The molecule has 0 amide bonds. The number of methoxy groups -OCH3 is 1. The van der Waals surface area contributed by atoms with E-state index in [9.17, 15) is 0 Å². The lowest BCUT2D eigenvalue weighted by atomic mass is 10.1. The van der Waals surface area contributed by atoms with Crippen LogP contribution in [0.1, 0.15) is 12.0 Å². The summed E-state index contributed by atoms with van der Waals surface area (Å²) < 4.78 is 18.8. The van der Waals surface area contributed by atoms with Gasteiger partial charge in [0.2, 0.25) is 5.16 Å². The summed E-state index contributed by atoms with van der Waals surface area (Å²) in [6, 6.07) is 13.4. The summed E-state index contributed by atoms with van der Waals surface area (Å²) >= 11 is 7.95. The van der Waals surface area contributed by atoms with Crippen molar-refractivity contribution in [2.45, 2.75) is 17.7 Å². The molecule has 1 atom stereocenters. The minimum atomic E-state index is 0.0353. The summed E-state index contributed by atoms with van der Waals surface area (Å²) in [5.41, 5.74) is 2.65. The zero-order valence-electron chi connectivity index (χ0n) is 16.2. The van der Waals surface area contributed by atoms with Crippen molar-refractivity contribution in [3.63, 3.8) is 0 Å². The molecule has 1 fully saturated rings. The minimum Gasteiger partial charge on any atom is -0.493 e. The SMILES string of the molecule is COc1ccc(C2=Nn3c(nnc3-c3ccccc3Cl)SC2)cc1O[C@@H]1CCOC1. The molecule has 2 aliphatic rings. The van der Waals surface area contributed by atoms with Crippen LogP contribution in [-0.4, -0.2) is 52.8 Å². The molecule has 0 spiro atoms. The number of rotatable bonds is 5. The van der Waals surface area contributed by atoms with Crippen LogP contribution >= 0.6 is 23.4 Å². The van der Waals surface area contributed by atoms with Gasteiger partial charge in [-0.15, -0.1) is 10.2 Å². The molecule has 0 N–H and O–H groups in total. The maximum atomic E-state index is 6.37. The monoisotopic (exact) mass is 442 g/mol. The van der Waals surface area contributed by atoms with E-state index in [0.29, 0.717) is 34.7 Å². The Balaban J connectivity index is 1.51. The molecular formula is C21H19ClN4O3S. The van der Waals surface area contributed by atoms with Gasteiger partial charge in [0.25, 0.3) is 0 Å². The number of fused-ring (bicyclic) bond motifs is 1. The first kappa shape index (κ1) is 19.4. The summed E-state index contributed by atoms with van der Waals surface area (Å²) in [6.07, 6.45) is 0.906. The maximum absolute atomic E-state index is 6.37. The zero-order chi connectivity index (χ0) is 20.5. The Labute approximate surface area is 183 Å². The van der Waals surface area contributed by atoms with Gasteiger partial charge in [-0.3, -0.25) is 0 Å². The summed E-state index contributed by atoms with van der Waals surface area (Å²) in [6.45, 7) is 1.31. The third-order valence-corrected chi connectivity index (χ3v) is 6.22. The lowest BCUT2D eigenvalue weighted by Gasteiger charge is -2.18. The number of halogens is 1. The average molecular weight is 443 g/mol. The molecule has 3 heterocycles. The van der Waals surface area contributed by atoms with E-state index in [-0.39, 0.29) is 6.10 Å². The summed E-state index contributed by atoms with van der Waals surface area (Å²) in [5, 5.41) is 14.8. The first-order valence-electron chi connectivity index (χ1n) is 9.56. The minimum absolute atomic E-state index is 0.0353. The molecule has 30 heavy (non-hydrogen) atoms. The van der Waals surface area contributed by atoms with Crippen LogP contribution in [0.2, 0.25) is 5.02 Å². The quantitative estimate of drug-likeness (QED) is 0.591. The highest BCUT2D eigenvalue weighted by atomic mass is 35.5. The fourth-order valence-corrected chi connectivity index (χ4v) is 4.47. The van der Waals surface area contributed by atoms with Gasteiger partial charge in [0.1, 0.15) is 6.10 Å². The average Bonchev–Trinajstić information content (AvgIpc) is 3.43. The standard InChI is InChI=1S/C21H19ClN4O3S/c1-27-18-7-6-13(10-19(18)29-14-8-9-28-11-14)17-12-30-21-24-23-20(26(21)25-17)15-4-2-3-5-16(15)22/h2-7,10,14H,8-9,11-12H2,1H3/t14-/m1/s1. The molecule has 7 nitrogen and oxygen atoms in total. The number of aromatic nitrogens is 3. The Morgan fingerprint density at radius 3 is 2.87 bits per heavy atom. The van der Waals surface area contributed by atoms with Crippen LogP contribution in [0, 0.1) is 0 Å². The van der Waals surface area contributed by atoms with Gasteiger partial charge in [-0.05, 0) is 30.3 Å². The van der Waals surface area contributed by atoms with Crippen LogP contribution in [0.25, 0.3) is 11.4 Å². The lowest BCUT2D eigenvalue weighted by Crippen LogP contribution is -2.17. The van der Waals surface area contributed by atoms with Crippen molar-refractivity contribution in [2.24, 2.45) is 5.10 Å². The number of ether oxygens (including phenoxy) is 3. The molecule has 0 aliphatic carbocycles. The van der Waals surface area contributed by atoms with Crippen LogP contribution in [0.3, 0.4) is 0 Å². The number of benzene rings is 2. The second-order valence-electron chi connectivity index (χ2n) is 6.90.